The molecule has 1 N–H and O–H groups in total. The predicted molar refractivity (Wildman–Crippen MR) is 59.3 cm³/mol. The fraction of sp³-hybridized carbons (Fsp3) is 0.727. The minimum Gasteiger partial charge on any atom is -0.391 e. The lowest BCUT2D eigenvalue weighted by molar-refractivity contribution is 0.0768. The van der Waals surface area contributed by atoms with Gasteiger partial charge in [0, 0.05) is 31.5 Å². The maximum atomic E-state index is 11.7. The molecular weight excluding hydrogens is 208 g/mol. The summed E-state index contributed by atoms with van der Waals surface area (Å²) in [6, 6.07) is 0. The molecule has 1 fully saturated rings. The Morgan fingerprint density at radius 1 is 1.56 bits per heavy atom. The topological polar surface area (TPSA) is 56.4 Å². The van der Waals surface area contributed by atoms with Gasteiger partial charge in [0.2, 0.25) is 0 Å². The van der Waals surface area contributed by atoms with Gasteiger partial charge in [0.05, 0.1) is 19.3 Å². The Labute approximate surface area is 94.3 Å². The molecule has 0 saturated carbocycles. The van der Waals surface area contributed by atoms with Gasteiger partial charge in [-0.25, -0.2) is 4.79 Å². The number of rotatable bonds is 4. The summed E-state index contributed by atoms with van der Waals surface area (Å²) in [4.78, 5) is 11.7. The summed E-state index contributed by atoms with van der Waals surface area (Å²) in [5, 5.41) is 9.96. The van der Waals surface area contributed by atoms with Crippen molar-refractivity contribution < 1.29 is 9.84 Å². The van der Waals surface area contributed by atoms with Gasteiger partial charge in [0.25, 0.3) is 0 Å². The van der Waals surface area contributed by atoms with Gasteiger partial charge in [0.1, 0.15) is 0 Å². The van der Waals surface area contributed by atoms with E-state index in [0.29, 0.717) is 26.3 Å². The number of aliphatic hydroxyl groups is 1. The smallest absolute Gasteiger partial charge is 0.328 e. The van der Waals surface area contributed by atoms with Crippen molar-refractivity contribution in [1.82, 2.24) is 9.13 Å². The number of aromatic nitrogens is 2. The SMILES string of the molecule is CCn1ccn(CC(O)C2CCOC2)c1=O. The van der Waals surface area contributed by atoms with Crippen molar-refractivity contribution in [1.29, 1.82) is 0 Å². The van der Waals surface area contributed by atoms with Gasteiger partial charge in [0.15, 0.2) is 0 Å². The second kappa shape index (κ2) is 4.84. The van der Waals surface area contributed by atoms with Crippen LogP contribution in [0.15, 0.2) is 17.2 Å². The lowest BCUT2D eigenvalue weighted by atomic mass is 10.0. The molecule has 0 aliphatic carbocycles. The summed E-state index contributed by atoms with van der Waals surface area (Å²) in [6.07, 6.45) is 3.86. The number of nitrogens with zero attached hydrogens (tertiary/aromatic N) is 2. The highest BCUT2D eigenvalue weighted by Gasteiger charge is 2.24. The lowest BCUT2D eigenvalue weighted by Crippen LogP contribution is -2.32. The zero-order valence-electron chi connectivity index (χ0n) is 9.50. The Bertz CT molecular complexity index is 390. The van der Waals surface area contributed by atoms with E-state index in [-0.39, 0.29) is 11.6 Å². The zero-order chi connectivity index (χ0) is 11.5. The summed E-state index contributed by atoms with van der Waals surface area (Å²) in [7, 11) is 0. The standard InChI is InChI=1S/C11H18N2O3/c1-2-12-4-5-13(11(12)15)7-10(14)9-3-6-16-8-9/h4-5,9-10,14H,2-3,6-8H2,1H3. The Hall–Kier alpha value is -1.07. The van der Waals surface area contributed by atoms with Crippen LogP contribution in [0.2, 0.25) is 0 Å². The van der Waals surface area contributed by atoms with Crippen LogP contribution in [-0.4, -0.2) is 33.6 Å². The first-order valence-electron chi connectivity index (χ1n) is 5.73. The third-order valence-electron chi connectivity index (χ3n) is 3.15. The molecule has 5 nitrogen and oxygen atoms in total. The Kier molecular flexibility index (Phi) is 3.46. The van der Waals surface area contributed by atoms with Gasteiger partial charge in [-0.2, -0.15) is 0 Å². The molecule has 0 amide bonds. The molecule has 2 unspecified atom stereocenters. The molecule has 0 bridgehead atoms. The monoisotopic (exact) mass is 226 g/mol. The number of hydrogen-bond acceptors (Lipinski definition) is 3. The van der Waals surface area contributed by atoms with Crippen molar-refractivity contribution in [3.63, 3.8) is 0 Å². The van der Waals surface area contributed by atoms with E-state index in [4.69, 9.17) is 4.74 Å². The van der Waals surface area contributed by atoms with Crippen LogP contribution in [0.5, 0.6) is 0 Å². The van der Waals surface area contributed by atoms with E-state index < -0.39 is 6.10 Å². The lowest BCUT2D eigenvalue weighted by Gasteiger charge is -2.16. The summed E-state index contributed by atoms with van der Waals surface area (Å²) >= 11 is 0. The Morgan fingerprint density at radius 2 is 2.31 bits per heavy atom. The zero-order valence-corrected chi connectivity index (χ0v) is 9.50. The van der Waals surface area contributed by atoms with Gasteiger partial charge >= 0.3 is 5.69 Å². The fourth-order valence-corrected chi connectivity index (χ4v) is 2.04. The highest BCUT2D eigenvalue weighted by atomic mass is 16.5. The second-order valence-electron chi connectivity index (χ2n) is 4.21. The van der Waals surface area contributed by atoms with Crippen molar-refractivity contribution in [2.24, 2.45) is 5.92 Å². The molecule has 2 atom stereocenters. The van der Waals surface area contributed by atoms with E-state index >= 15 is 0 Å². The maximum Gasteiger partial charge on any atom is 0.328 e. The maximum absolute atomic E-state index is 11.7. The first-order chi connectivity index (χ1) is 7.72. The number of hydrogen-bond donors (Lipinski definition) is 1. The molecule has 2 heterocycles. The molecule has 5 heteroatoms. The third kappa shape index (κ3) is 2.20. The predicted octanol–water partition coefficient (Wildman–Crippen LogP) is 0.0671. The van der Waals surface area contributed by atoms with Crippen LogP contribution < -0.4 is 5.69 Å². The molecule has 0 spiro atoms. The number of aryl methyl sites for hydroxylation is 1. The van der Waals surface area contributed by atoms with Crippen LogP contribution in [0.1, 0.15) is 13.3 Å². The van der Waals surface area contributed by atoms with Crippen LogP contribution in [-0.2, 0) is 17.8 Å². The molecule has 1 aromatic rings. The number of ether oxygens (including phenoxy) is 1. The molecule has 0 aromatic carbocycles. The molecule has 16 heavy (non-hydrogen) atoms. The van der Waals surface area contributed by atoms with E-state index in [1.165, 1.54) is 0 Å². The van der Waals surface area contributed by atoms with Crippen LogP contribution in [0, 0.1) is 5.92 Å². The minimum atomic E-state index is -0.493. The van der Waals surface area contributed by atoms with Crippen molar-refractivity contribution in [2.45, 2.75) is 32.5 Å². The third-order valence-corrected chi connectivity index (χ3v) is 3.15. The average molecular weight is 226 g/mol. The van der Waals surface area contributed by atoms with Gasteiger partial charge in [-0.3, -0.25) is 9.13 Å². The van der Waals surface area contributed by atoms with Crippen LogP contribution in [0.25, 0.3) is 0 Å². The number of aliphatic hydroxyl groups excluding tert-OH is 1. The quantitative estimate of drug-likeness (QED) is 0.790. The number of imidazole rings is 1. The van der Waals surface area contributed by atoms with Gasteiger partial charge in [-0.15, -0.1) is 0 Å². The first-order valence-corrected chi connectivity index (χ1v) is 5.73. The summed E-state index contributed by atoms with van der Waals surface area (Å²) in [5.41, 5.74) is -0.0551. The fourth-order valence-electron chi connectivity index (χ4n) is 2.04. The van der Waals surface area contributed by atoms with E-state index in [2.05, 4.69) is 0 Å². The summed E-state index contributed by atoms with van der Waals surface area (Å²) in [5.74, 6) is 0.164. The minimum absolute atomic E-state index is 0.0551. The Morgan fingerprint density at radius 3 is 2.88 bits per heavy atom. The second-order valence-corrected chi connectivity index (χ2v) is 4.21. The molecule has 1 saturated heterocycles. The van der Waals surface area contributed by atoms with E-state index in [0.717, 1.165) is 6.42 Å². The molecule has 1 aromatic heterocycles. The van der Waals surface area contributed by atoms with Crippen molar-refractivity contribution in [3.8, 4) is 0 Å². The highest BCUT2D eigenvalue weighted by Crippen LogP contribution is 2.17. The van der Waals surface area contributed by atoms with Gasteiger partial charge in [-0.05, 0) is 13.3 Å². The average Bonchev–Trinajstić information content (AvgIpc) is 2.89. The molecule has 1 aliphatic rings. The van der Waals surface area contributed by atoms with Crippen molar-refractivity contribution >= 4 is 0 Å². The molecule has 90 valence electrons. The summed E-state index contributed by atoms with van der Waals surface area (Å²) in [6.45, 7) is 4.26. The van der Waals surface area contributed by atoms with E-state index in [1.54, 1.807) is 21.5 Å². The Balaban J connectivity index is 2.02. The normalized spacial score (nSPS) is 22.5. The molecule has 2 rings (SSSR count). The summed E-state index contributed by atoms with van der Waals surface area (Å²) < 4.78 is 8.40. The molecule has 1 aliphatic heterocycles. The molecular formula is C11H18N2O3. The van der Waals surface area contributed by atoms with Gasteiger partial charge in [-0.1, -0.05) is 0 Å². The van der Waals surface area contributed by atoms with Crippen LogP contribution in [0.3, 0.4) is 0 Å². The molecule has 0 radical (unpaired) electrons. The van der Waals surface area contributed by atoms with E-state index in [9.17, 15) is 9.90 Å². The van der Waals surface area contributed by atoms with E-state index in [1.807, 2.05) is 6.92 Å². The highest BCUT2D eigenvalue weighted by molar-refractivity contribution is 4.83. The van der Waals surface area contributed by atoms with Crippen LogP contribution in [0.4, 0.5) is 0 Å². The first kappa shape index (κ1) is 11.4. The van der Waals surface area contributed by atoms with Crippen molar-refractivity contribution in [2.75, 3.05) is 13.2 Å². The largest absolute Gasteiger partial charge is 0.391 e. The van der Waals surface area contributed by atoms with Gasteiger partial charge < -0.3 is 9.84 Å². The van der Waals surface area contributed by atoms with Crippen LogP contribution >= 0.6 is 0 Å². The van der Waals surface area contributed by atoms with Crippen molar-refractivity contribution in [3.05, 3.63) is 22.9 Å².